The summed E-state index contributed by atoms with van der Waals surface area (Å²) in [6.07, 6.45) is 0. The maximum absolute atomic E-state index is 13.9. The molecule has 0 aliphatic carbocycles. The topological polar surface area (TPSA) is 65.5 Å². The first-order chi connectivity index (χ1) is 14.9. The normalized spacial score (nSPS) is 14.7. The molecule has 0 saturated carbocycles. The van der Waals surface area contributed by atoms with Gasteiger partial charge in [0.15, 0.2) is 16.7 Å². The number of carbonyl (C=O) groups is 2. The van der Waals surface area contributed by atoms with Gasteiger partial charge >= 0.3 is 0 Å². The van der Waals surface area contributed by atoms with E-state index in [1.54, 1.807) is 24.3 Å². The van der Waals surface area contributed by atoms with Crippen LogP contribution in [-0.4, -0.2) is 60.8 Å². The maximum Gasteiger partial charge on any atom is 0.251 e. The van der Waals surface area contributed by atoms with Gasteiger partial charge in [0, 0.05) is 56.5 Å². The number of halogens is 2. The van der Waals surface area contributed by atoms with Crippen LogP contribution in [0, 0.1) is 11.6 Å². The van der Waals surface area contributed by atoms with Gasteiger partial charge in [0.05, 0.1) is 4.70 Å². The highest BCUT2D eigenvalue weighted by Gasteiger charge is 2.21. The van der Waals surface area contributed by atoms with E-state index in [4.69, 9.17) is 0 Å². The molecule has 1 N–H and O–H groups in total. The molecule has 162 valence electrons. The summed E-state index contributed by atoms with van der Waals surface area (Å²) in [5, 5.41) is 3.60. The van der Waals surface area contributed by atoms with Crippen LogP contribution in [0.3, 0.4) is 0 Å². The van der Waals surface area contributed by atoms with Gasteiger partial charge in [-0.05, 0) is 25.1 Å². The number of benzene rings is 2. The third-order valence-corrected chi connectivity index (χ3v) is 6.38. The molecule has 0 spiro atoms. The molecular weight excluding hydrogens is 422 g/mol. The highest BCUT2D eigenvalue weighted by molar-refractivity contribution is 7.22. The molecule has 1 fully saturated rings. The highest BCUT2D eigenvalue weighted by atomic mass is 32.1. The number of amides is 1. The second-order valence-corrected chi connectivity index (χ2v) is 8.46. The fourth-order valence-corrected chi connectivity index (χ4v) is 4.59. The molecule has 2 aromatic carbocycles. The highest BCUT2D eigenvalue weighted by Crippen LogP contribution is 2.31. The number of carbonyl (C=O) groups excluding carboxylic acids is 2. The van der Waals surface area contributed by atoms with Crippen molar-refractivity contribution in [2.24, 2.45) is 0 Å². The number of hydrogen-bond acceptors (Lipinski definition) is 6. The Labute approximate surface area is 182 Å². The van der Waals surface area contributed by atoms with Gasteiger partial charge in [-0.3, -0.25) is 14.5 Å². The van der Waals surface area contributed by atoms with Gasteiger partial charge in [-0.15, -0.1) is 0 Å². The molecule has 31 heavy (non-hydrogen) atoms. The van der Waals surface area contributed by atoms with E-state index in [9.17, 15) is 18.4 Å². The summed E-state index contributed by atoms with van der Waals surface area (Å²) in [5.41, 5.74) is 1.31. The summed E-state index contributed by atoms with van der Waals surface area (Å²) in [7, 11) is 0. The molecule has 3 aromatic rings. The van der Waals surface area contributed by atoms with Gasteiger partial charge in [-0.25, -0.2) is 13.8 Å². The molecular formula is C22H22F2N4O2S. The van der Waals surface area contributed by atoms with Crippen molar-refractivity contribution in [1.82, 2.24) is 15.2 Å². The minimum atomic E-state index is -0.636. The molecule has 1 amide bonds. The molecule has 0 radical (unpaired) electrons. The summed E-state index contributed by atoms with van der Waals surface area (Å²) >= 11 is 1.29. The second kappa shape index (κ2) is 9.07. The number of hydrogen-bond donors (Lipinski definition) is 1. The Morgan fingerprint density at radius 3 is 2.42 bits per heavy atom. The lowest BCUT2D eigenvalue weighted by atomic mass is 10.1. The fraction of sp³-hybridized carbons (Fsp3) is 0.318. The summed E-state index contributed by atoms with van der Waals surface area (Å²) < 4.78 is 27.8. The third kappa shape index (κ3) is 4.88. The number of fused-ring (bicyclic) bond motifs is 1. The third-order valence-electron chi connectivity index (χ3n) is 5.31. The van der Waals surface area contributed by atoms with E-state index in [2.05, 4.69) is 20.1 Å². The Bertz CT molecular complexity index is 1110. The van der Waals surface area contributed by atoms with Crippen molar-refractivity contribution in [2.45, 2.75) is 6.92 Å². The number of rotatable bonds is 6. The summed E-state index contributed by atoms with van der Waals surface area (Å²) in [4.78, 5) is 32.2. The van der Waals surface area contributed by atoms with Gasteiger partial charge < -0.3 is 10.2 Å². The van der Waals surface area contributed by atoms with E-state index in [0.29, 0.717) is 34.0 Å². The average molecular weight is 445 g/mol. The first kappa shape index (κ1) is 21.3. The Kier molecular flexibility index (Phi) is 6.24. The lowest BCUT2D eigenvalue weighted by Gasteiger charge is -2.34. The number of ketones is 1. The second-order valence-electron chi connectivity index (χ2n) is 7.45. The van der Waals surface area contributed by atoms with Crippen LogP contribution in [-0.2, 0) is 0 Å². The van der Waals surface area contributed by atoms with Crippen LogP contribution in [0.4, 0.5) is 13.9 Å². The number of nitrogens with zero attached hydrogens (tertiary/aromatic N) is 3. The molecule has 0 bridgehead atoms. The maximum atomic E-state index is 13.9. The molecule has 6 nitrogen and oxygen atoms in total. The predicted molar refractivity (Wildman–Crippen MR) is 117 cm³/mol. The quantitative estimate of drug-likeness (QED) is 0.591. The number of piperazine rings is 1. The van der Waals surface area contributed by atoms with Crippen LogP contribution in [0.15, 0.2) is 36.4 Å². The molecule has 1 aliphatic rings. The molecule has 4 rings (SSSR count). The van der Waals surface area contributed by atoms with Crippen molar-refractivity contribution in [2.75, 3.05) is 44.2 Å². The van der Waals surface area contributed by atoms with Gasteiger partial charge in [0.25, 0.3) is 5.91 Å². The Hall–Kier alpha value is -2.91. The van der Waals surface area contributed by atoms with Crippen LogP contribution in [0.5, 0.6) is 0 Å². The van der Waals surface area contributed by atoms with E-state index in [0.717, 1.165) is 32.2 Å². The van der Waals surface area contributed by atoms with Crippen LogP contribution >= 0.6 is 11.3 Å². The lowest BCUT2D eigenvalue weighted by molar-refractivity contribution is 0.0945. The van der Waals surface area contributed by atoms with Crippen molar-refractivity contribution in [1.29, 1.82) is 0 Å². The Morgan fingerprint density at radius 1 is 1.06 bits per heavy atom. The standard InChI is InChI=1S/C22H22F2N4O2S/c1-14(29)15-2-4-16(5-3-15)21(30)25-6-7-27-8-10-28(11-9-27)22-26-20-18(24)12-17(23)13-19(20)31-22/h2-5,12-13H,6-11H2,1H3,(H,25,30). The molecule has 1 aromatic heterocycles. The van der Waals surface area contributed by atoms with Gasteiger partial charge in [-0.2, -0.15) is 0 Å². The van der Waals surface area contributed by atoms with E-state index in [-0.39, 0.29) is 17.2 Å². The van der Waals surface area contributed by atoms with Gasteiger partial charge in [-0.1, -0.05) is 23.5 Å². The number of thiazole rings is 1. The number of nitrogens with one attached hydrogen (secondary N) is 1. The van der Waals surface area contributed by atoms with E-state index in [1.807, 2.05) is 0 Å². The zero-order chi connectivity index (χ0) is 22.0. The largest absolute Gasteiger partial charge is 0.351 e. The number of anilines is 1. The first-order valence-electron chi connectivity index (χ1n) is 10.0. The zero-order valence-electron chi connectivity index (χ0n) is 17.0. The molecule has 1 aliphatic heterocycles. The smallest absolute Gasteiger partial charge is 0.251 e. The monoisotopic (exact) mass is 444 g/mol. The van der Waals surface area contributed by atoms with Crippen molar-refractivity contribution in [3.8, 4) is 0 Å². The minimum Gasteiger partial charge on any atom is -0.351 e. The van der Waals surface area contributed by atoms with E-state index in [1.165, 1.54) is 24.3 Å². The number of aromatic nitrogens is 1. The fourth-order valence-electron chi connectivity index (χ4n) is 3.53. The van der Waals surface area contributed by atoms with E-state index < -0.39 is 11.6 Å². The molecule has 0 atom stereocenters. The van der Waals surface area contributed by atoms with Crippen molar-refractivity contribution >= 4 is 38.4 Å². The van der Waals surface area contributed by atoms with Gasteiger partial charge in [0.1, 0.15) is 11.3 Å². The number of Topliss-reactive ketones (excluding diaryl/α,β-unsaturated/α-hetero) is 1. The van der Waals surface area contributed by atoms with Crippen LogP contribution in [0.25, 0.3) is 10.2 Å². The average Bonchev–Trinajstić information content (AvgIpc) is 3.18. The van der Waals surface area contributed by atoms with Gasteiger partial charge in [0.2, 0.25) is 0 Å². The van der Waals surface area contributed by atoms with Crippen molar-refractivity contribution in [3.63, 3.8) is 0 Å². The lowest BCUT2D eigenvalue weighted by Crippen LogP contribution is -2.48. The molecule has 9 heteroatoms. The summed E-state index contributed by atoms with van der Waals surface area (Å²) in [5.74, 6) is -1.43. The first-order valence-corrected chi connectivity index (χ1v) is 10.8. The van der Waals surface area contributed by atoms with E-state index >= 15 is 0 Å². The minimum absolute atomic E-state index is 0.0331. The van der Waals surface area contributed by atoms with Crippen LogP contribution in [0.1, 0.15) is 27.6 Å². The molecule has 0 unspecified atom stereocenters. The zero-order valence-corrected chi connectivity index (χ0v) is 17.8. The van der Waals surface area contributed by atoms with Crippen LogP contribution < -0.4 is 10.2 Å². The SMILES string of the molecule is CC(=O)c1ccc(C(=O)NCCN2CCN(c3nc4c(F)cc(F)cc4s3)CC2)cc1. The van der Waals surface area contributed by atoms with Crippen molar-refractivity contribution in [3.05, 3.63) is 59.2 Å². The molecule has 1 saturated heterocycles. The van der Waals surface area contributed by atoms with Crippen LogP contribution in [0.2, 0.25) is 0 Å². The Morgan fingerprint density at radius 2 is 1.74 bits per heavy atom. The Balaban J connectivity index is 1.25. The predicted octanol–water partition coefficient (Wildman–Crippen LogP) is 3.33. The summed E-state index contributed by atoms with van der Waals surface area (Å²) in [6.45, 7) is 5.74. The molecule has 2 heterocycles. The summed E-state index contributed by atoms with van der Waals surface area (Å²) in [6, 6.07) is 8.77. The van der Waals surface area contributed by atoms with Crippen molar-refractivity contribution < 1.29 is 18.4 Å².